The highest BCUT2D eigenvalue weighted by Crippen LogP contribution is 2.30. The minimum absolute atomic E-state index is 0.214. The zero-order valence-corrected chi connectivity index (χ0v) is 7.90. The Hall–Kier alpha value is -1.69. The molecule has 3 heteroatoms. The predicted molar refractivity (Wildman–Crippen MR) is 54.3 cm³/mol. The Morgan fingerprint density at radius 3 is 2.57 bits per heavy atom. The van der Waals surface area contributed by atoms with E-state index in [4.69, 9.17) is 5.26 Å². The van der Waals surface area contributed by atoms with Crippen molar-refractivity contribution in [3.05, 3.63) is 23.8 Å². The molecule has 0 bridgehead atoms. The van der Waals surface area contributed by atoms with Gasteiger partial charge < -0.3 is 10.0 Å². The van der Waals surface area contributed by atoms with Crippen LogP contribution in [-0.2, 0) is 0 Å². The molecule has 0 spiro atoms. The number of phenols is 1. The molecule has 1 heterocycles. The molecular formula is C11H12N2O. The Bertz CT molecular complexity index is 375. The SMILES string of the molecule is N#Cc1ccc(N2CCCC2)c(O)c1. The molecule has 0 radical (unpaired) electrons. The Labute approximate surface area is 83.2 Å². The van der Waals surface area contributed by atoms with Crippen molar-refractivity contribution in [3.63, 3.8) is 0 Å². The first-order valence-electron chi connectivity index (χ1n) is 4.79. The van der Waals surface area contributed by atoms with Crippen LogP contribution in [0.4, 0.5) is 5.69 Å². The Morgan fingerprint density at radius 2 is 2.00 bits per heavy atom. The molecule has 1 aromatic carbocycles. The summed E-state index contributed by atoms with van der Waals surface area (Å²) in [5, 5.41) is 18.3. The summed E-state index contributed by atoms with van der Waals surface area (Å²) in [6.45, 7) is 2.00. The number of nitriles is 1. The van der Waals surface area contributed by atoms with Gasteiger partial charge in [0.05, 0.1) is 17.3 Å². The van der Waals surface area contributed by atoms with Crippen molar-refractivity contribution in [2.75, 3.05) is 18.0 Å². The monoisotopic (exact) mass is 188 g/mol. The molecule has 14 heavy (non-hydrogen) atoms. The van der Waals surface area contributed by atoms with E-state index in [1.807, 2.05) is 12.1 Å². The van der Waals surface area contributed by atoms with Crippen LogP contribution >= 0.6 is 0 Å². The minimum atomic E-state index is 0.214. The molecule has 72 valence electrons. The molecule has 1 aliphatic heterocycles. The molecule has 0 aromatic heterocycles. The standard InChI is InChI=1S/C11H12N2O/c12-8-9-3-4-10(11(14)7-9)13-5-1-2-6-13/h3-4,7,14H,1-2,5-6H2. The van der Waals surface area contributed by atoms with Crippen molar-refractivity contribution in [1.82, 2.24) is 0 Å². The van der Waals surface area contributed by atoms with Gasteiger partial charge in [0.15, 0.2) is 0 Å². The lowest BCUT2D eigenvalue weighted by atomic mass is 10.2. The fourth-order valence-corrected chi connectivity index (χ4v) is 1.82. The van der Waals surface area contributed by atoms with Crippen LogP contribution in [-0.4, -0.2) is 18.2 Å². The smallest absolute Gasteiger partial charge is 0.140 e. The van der Waals surface area contributed by atoms with E-state index >= 15 is 0 Å². The van der Waals surface area contributed by atoms with Crippen LogP contribution in [0.25, 0.3) is 0 Å². The minimum Gasteiger partial charge on any atom is -0.506 e. The van der Waals surface area contributed by atoms with Crippen molar-refractivity contribution in [3.8, 4) is 11.8 Å². The lowest BCUT2D eigenvalue weighted by molar-refractivity contribution is 0.474. The summed E-state index contributed by atoms with van der Waals surface area (Å²) in [4.78, 5) is 2.15. The van der Waals surface area contributed by atoms with E-state index in [0.717, 1.165) is 18.8 Å². The summed E-state index contributed by atoms with van der Waals surface area (Å²) >= 11 is 0. The summed E-state index contributed by atoms with van der Waals surface area (Å²) in [6.07, 6.45) is 2.36. The highest BCUT2D eigenvalue weighted by Gasteiger charge is 2.15. The first-order valence-corrected chi connectivity index (χ1v) is 4.79. The second kappa shape index (κ2) is 3.59. The quantitative estimate of drug-likeness (QED) is 0.731. The highest BCUT2D eigenvalue weighted by molar-refractivity contribution is 5.60. The third kappa shape index (κ3) is 1.51. The molecule has 2 rings (SSSR count). The van der Waals surface area contributed by atoms with Gasteiger partial charge in [-0.25, -0.2) is 0 Å². The normalized spacial score (nSPS) is 15.5. The van der Waals surface area contributed by atoms with Crippen molar-refractivity contribution in [2.24, 2.45) is 0 Å². The third-order valence-electron chi connectivity index (χ3n) is 2.55. The fraction of sp³-hybridized carbons (Fsp3) is 0.364. The van der Waals surface area contributed by atoms with Gasteiger partial charge in [0.1, 0.15) is 5.75 Å². The van der Waals surface area contributed by atoms with E-state index in [1.165, 1.54) is 18.9 Å². The van der Waals surface area contributed by atoms with E-state index in [-0.39, 0.29) is 5.75 Å². The Balaban J connectivity index is 2.30. The molecular weight excluding hydrogens is 176 g/mol. The molecule has 0 atom stereocenters. The van der Waals surface area contributed by atoms with Crippen LogP contribution in [0.3, 0.4) is 0 Å². The topological polar surface area (TPSA) is 47.3 Å². The van der Waals surface area contributed by atoms with Crippen LogP contribution in [0.2, 0.25) is 0 Å². The van der Waals surface area contributed by atoms with E-state index in [2.05, 4.69) is 4.90 Å². The second-order valence-corrected chi connectivity index (χ2v) is 3.51. The van der Waals surface area contributed by atoms with Crippen LogP contribution in [0, 0.1) is 11.3 Å². The Kier molecular flexibility index (Phi) is 2.28. The van der Waals surface area contributed by atoms with Gasteiger partial charge in [-0.1, -0.05) is 0 Å². The lowest BCUT2D eigenvalue weighted by Crippen LogP contribution is -2.17. The zero-order valence-electron chi connectivity index (χ0n) is 7.90. The Morgan fingerprint density at radius 1 is 1.29 bits per heavy atom. The molecule has 0 aliphatic carbocycles. The third-order valence-corrected chi connectivity index (χ3v) is 2.55. The number of hydrogen-bond acceptors (Lipinski definition) is 3. The summed E-state index contributed by atoms with van der Waals surface area (Å²) < 4.78 is 0. The maximum atomic E-state index is 9.69. The van der Waals surface area contributed by atoms with Gasteiger partial charge in [-0.15, -0.1) is 0 Å². The molecule has 1 N–H and O–H groups in total. The van der Waals surface area contributed by atoms with Crippen LogP contribution in [0.15, 0.2) is 18.2 Å². The maximum absolute atomic E-state index is 9.69. The summed E-state index contributed by atoms with van der Waals surface area (Å²) in [5.41, 5.74) is 1.35. The van der Waals surface area contributed by atoms with E-state index in [0.29, 0.717) is 5.56 Å². The lowest BCUT2D eigenvalue weighted by Gasteiger charge is -2.18. The second-order valence-electron chi connectivity index (χ2n) is 3.51. The average Bonchev–Trinajstić information content (AvgIpc) is 2.70. The van der Waals surface area contributed by atoms with Crippen LogP contribution < -0.4 is 4.90 Å². The maximum Gasteiger partial charge on any atom is 0.140 e. The van der Waals surface area contributed by atoms with Crippen molar-refractivity contribution < 1.29 is 5.11 Å². The number of anilines is 1. The van der Waals surface area contributed by atoms with E-state index in [9.17, 15) is 5.11 Å². The first kappa shape index (κ1) is 8.89. The van der Waals surface area contributed by atoms with Crippen LogP contribution in [0.1, 0.15) is 18.4 Å². The fourth-order valence-electron chi connectivity index (χ4n) is 1.82. The van der Waals surface area contributed by atoms with Crippen LogP contribution in [0.5, 0.6) is 5.75 Å². The largest absolute Gasteiger partial charge is 0.506 e. The summed E-state index contributed by atoms with van der Waals surface area (Å²) in [6, 6.07) is 7.09. The predicted octanol–water partition coefficient (Wildman–Crippen LogP) is 1.86. The highest BCUT2D eigenvalue weighted by atomic mass is 16.3. The molecule has 1 aromatic rings. The summed E-state index contributed by atoms with van der Waals surface area (Å²) in [7, 11) is 0. The average molecular weight is 188 g/mol. The molecule has 0 saturated carbocycles. The van der Waals surface area contributed by atoms with Crippen molar-refractivity contribution in [1.29, 1.82) is 5.26 Å². The number of phenolic OH excluding ortho intramolecular Hbond substituents is 1. The first-order chi connectivity index (χ1) is 6.81. The van der Waals surface area contributed by atoms with Gasteiger partial charge in [0.2, 0.25) is 0 Å². The van der Waals surface area contributed by atoms with Gasteiger partial charge >= 0.3 is 0 Å². The van der Waals surface area contributed by atoms with Gasteiger partial charge in [0.25, 0.3) is 0 Å². The number of hydrogen-bond donors (Lipinski definition) is 1. The van der Waals surface area contributed by atoms with E-state index in [1.54, 1.807) is 6.07 Å². The summed E-state index contributed by atoms with van der Waals surface area (Å²) in [5.74, 6) is 0.214. The number of rotatable bonds is 1. The van der Waals surface area contributed by atoms with Crippen molar-refractivity contribution in [2.45, 2.75) is 12.8 Å². The molecule has 1 saturated heterocycles. The molecule has 1 aliphatic rings. The number of nitrogens with zero attached hydrogens (tertiary/aromatic N) is 2. The van der Waals surface area contributed by atoms with Gasteiger partial charge in [0, 0.05) is 13.1 Å². The molecule has 0 unspecified atom stereocenters. The van der Waals surface area contributed by atoms with Gasteiger partial charge in [-0.05, 0) is 31.0 Å². The molecule has 1 fully saturated rings. The zero-order chi connectivity index (χ0) is 9.97. The van der Waals surface area contributed by atoms with Gasteiger partial charge in [-0.2, -0.15) is 5.26 Å². The number of aromatic hydroxyl groups is 1. The number of benzene rings is 1. The molecule has 3 nitrogen and oxygen atoms in total. The van der Waals surface area contributed by atoms with E-state index < -0.39 is 0 Å². The van der Waals surface area contributed by atoms with Gasteiger partial charge in [-0.3, -0.25) is 0 Å². The molecule has 0 amide bonds. The van der Waals surface area contributed by atoms with Crippen molar-refractivity contribution >= 4 is 5.69 Å².